The summed E-state index contributed by atoms with van der Waals surface area (Å²) in [6, 6.07) is -1.73. The average molecular weight is 176 g/mol. The molecule has 10 heavy (non-hydrogen) atoms. The second-order valence-corrected chi connectivity index (χ2v) is 2.50. The Morgan fingerprint density at radius 3 is 2.10 bits per heavy atom. The van der Waals surface area contributed by atoms with E-state index in [0.29, 0.717) is 12.1 Å². The fraction of sp³-hybridized carbons (Fsp3) is 0.500. The Labute approximate surface area is 54.6 Å². The third kappa shape index (κ3) is 4.20. The summed E-state index contributed by atoms with van der Waals surface area (Å²) in [5.41, 5.74) is 0. The SMILES string of the molecule is CN(F)C(=O)NP(=O)(F)F. The van der Waals surface area contributed by atoms with E-state index in [4.69, 9.17) is 0 Å². The number of carbonyl (C=O) groups excluding carboxylic acids is 1. The monoisotopic (exact) mass is 176 g/mol. The van der Waals surface area contributed by atoms with E-state index in [0.717, 1.165) is 0 Å². The van der Waals surface area contributed by atoms with Crippen molar-refractivity contribution in [3.8, 4) is 0 Å². The van der Waals surface area contributed by atoms with E-state index in [1.165, 1.54) is 0 Å². The Bertz CT molecular complexity index is 177. The number of amides is 2. The number of carbonyl (C=O) groups is 1. The molecule has 1 N–H and O–H groups in total. The molecule has 0 heterocycles. The molecule has 0 bridgehead atoms. The molecule has 0 aromatic rings. The minimum atomic E-state index is -5.66. The van der Waals surface area contributed by atoms with Crippen LogP contribution in [0.15, 0.2) is 0 Å². The summed E-state index contributed by atoms with van der Waals surface area (Å²) in [4.78, 5) is 9.95. The maximum atomic E-state index is 11.6. The lowest BCUT2D eigenvalue weighted by molar-refractivity contribution is 0.0971. The first-order chi connectivity index (χ1) is 4.33. The van der Waals surface area contributed by atoms with Gasteiger partial charge in [-0.05, 0) is 0 Å². The van der Waals surface area contributed by atoms with Crippen LogP contribution in [0.1, 0.15) is 0 Å². The molecule has 0 saturated carbocycles. The zero-order chi connectivity index (χ0) is 8.36. The lowest BCUT2D eigenvalue weighted by Crippen LogP contribution is -2.27. The van der Waals surface area contributed by atoms with Gasteiger partial charge in [0.05, 0.1) is 0 Å². The first kappa shape index (κ1) is 9.29. The molecule has 0 fully saturated rings. The highest BCUT2D eigenvalue weighted by atomic mass is 31.2. The van der Waals surface area contributed by atoms with Crippen molar-refractivity contribution in [2.24, 2.45) is 0 Å². The quantitative estimate of drug-likeness (QED) is 0.486. The second kappa shape index (κ2) is 2.92. The fourth-order valence-electron chi connectivity index (χ4n) is 0.180. The Morgan fingerprint density at radius 2 is 2.00 bits per heavy atom. The van der Waals surface area contributed by atoms with Crippen molar-refractivity contribution >= 4 is 13.9 Å². The normalized spacial score (nSPS) is 10.8. The molecule has 0 aliphatic heterocycles. The van der Waals surface area contributed by atoms with E-state index in [1.54, 1.807) is 0 Å². The van der Waals surface area contributed by atoms with Gasteiger partial charge in [0, 0.05) is 7.05 Å². The number of rotatable bonds is 1. The molecule has 0 aliphatic rings. The van der Waals surface area contributed by atoms with E-state index < -0.39 is 19.1 Å². The minimum Gasteiger partial charge on any atom is -0.245 e. The van der Waals surface area contributed by atoms with Crippen molar-refractivity contribution in [1.29, 1.82) is 0 Å². The van der Waals surface area contributed by atoms with E-state index in [1.807, 2.05) is 0 Å². The Balaban J connectivity index is 3.94. The summed E-state index contributed by atoms with van der Waals surface area (Å²) in [5, 5.41) is 0.0197. The van der Waals surface area contributed by atoms with Gasteiger partial charge in [-0.1, -0.05) is 4.48 Å². The van der Waals surface area contributed by atoms with Gasteiger partial charge in [-0.2, -0.15) is 5.12 Å². The van der Waals surface area contributed by atoms with Crippen molar-refractivity contribution in [2.45, 2.75) is 0 Å². The molecule has 0 aromatic heterocycles. The molecule has 0 aromatic carbocycles. The van der Waals surface area contributed by atoms with Crippen LogP contribution < -0.4 is 5.09 Å². The van der Waals surface area contributed by atoms with E-state index in [2.05, 4.69) is 0 Å². The molecule has 0 aliphatic carbocycles. The van der Waals surface area contributed by atoms with Crippen LogP contribution in [-0.2, 0) is 4.57 Å². The molecular formula is C2H4F3N2O2P. The van der Waals surface area contributed by atoms with Crippen LogP contribution in [0.25, 0.3) is 0 Å². The molecule has 60 valence electrons. The Hall–Kier alpha value is -0.710. The van der Waals surface area contributed by atoms with Gasteiger partial charge in [0.25, 0.3) is 0 Å². The number of hydrogen-bond donors (Lipinski definition) is 1. The standard InChI is InChI=1S/C2H4F3N2O2P/c1-7(3)2(8)6-10(4,5)9/h1H3,(H,6,8,9). The predicted molar refractivity (Wildman–Crippen MR) is 27.2 cm³/mol. The number of hydrogen-bond acceptors (Lipinski definition) is 2. The second-order valence-electron chi connectivity index (χ2n) is 1.36. The van der Waals surface area contributed by atoms with Gasteiger partial charge in [0.15, 0.2) is 0 Å². The van der Waals surface area contributed by atoms with Crippen LogP contribution in [0.2, 0.25) is 0 Å². The largest absolute Gasteiger partial charge is 0.512 e. The predicted octanol–water partition coefficient (Wildman–Crippen LogP) is 1.56. The lowest BCUT2D eigenvalue weighted by Gasteiger charge is -2.04. The van der Waals surface area contributed by atoms with Gasteiger partial charge in [0.2, 0.25) is 0 Å². The van der Waals surface area contributed by atoms with Crippen molar-refractivity contribution < 1.29 is 22.2 Å². The molecule has 2 amide bonds. The third-order valence-corrected chi connectivity index (χ3v) is 0.957. The van der Waals surface area contributed by atoms with Crippen LogP contribution in [-0.4, -0.2) is 18.2 Å². The van der Waals surface area contributed by atoms with Crippen LogP contribution in [0.3, 0.4) is 0 Å². The van der Waals surface area contributed by atoms with E-state index in [-0.39, 0.29) is 0 Å². The van der Waals surface area contributed by atoms with Crippen molar-refractivity contribution in [2.75, 3.05) is 7.05 Å². The third-order valence-electron chi connectivity index (χ3n) is 0.506. The molecule has 0 unspecified atom stereocenters. The number of urea groups is 1. The maximum absolute atomic E-state index is 11.6. The van der Waals surface area contributed by atoms with Crippen molar-refractivity contribution in [1.82, 2.24) is 10.2 Å². The molecule has 0 radical (unpaired) electrons. The first-order valence-electron chi connectivity index (χ1n) is 2.04. The molecule has 0 rings (SSSR count). The molecule has 0 spiro atoms. The first-order valence-corrected chi connectivity index (χ1v) is 3.53. The van der Waals surface area contributed by atoms with E-state index >= 15 is 0 Å². The van der Waals surface area contributed by atoms with Gasteiger partial charge >= 0.3 is 13.9 Å². The highest BCUT2D eigenvalue weighted by Gasteiger charge is 2.24. The maximum Gasteiger partial charge on any atom is 0.512 e. The van der Waals surface area contributed by atoms with Crippen LogP contribution in [0.5, 0.6) is 0 Å². The topological polar surface area (TPSA) is 49.4 Å². The zero-order valence-corrected chi connectivity index (χ0v) is 5.74. The van der Waals surface area contributed by atoms with Crippen LogP contribution in [0.4, 0.5) is 17.7 Å². The van der Waals surface area contributed by atoms with Crippen LogP contribution in [0, 0.1) is 0 Å². The Kier molecular flexibility index (Phi) is 2.71. The van der Waals surface area contributed by atoms with Gasteiger partial charge < -0.3 is 0 Å². The fourth-order valence-corrected chi connectivity index (χ4v) is 0.541. The summed E-state index contributed by atoms with van der Waals surface area (Å²) in [5.74, 6) is 0. The molecule has 0 saturated heterocycles. The summed E-state index contributed by atoms with van der Waals surface area (Å²) in [6.07, 6.45) is 0. The van der Waals surface area contributed by atoms with Gasteiger partial charge in [-0.15, -0.1) is 8.39 Å². The minimum absolute atomic E-state index is 0.602. The zero-order valence-electron chi connectivity index (χ0n) is 4.84. The Morgan fingerprint density at radius 1 is 1.60 bits per heavy atom. The highest BCUT2D eigenvalue weighted by molar-refractivity contribution is 7.51. The molecule has 0 atom stereocenters. The smallest absolute Gasteiger partial charge is 0.245 e. The average Bonchev–Trinajstić information content (AvgIpc) is 1.60. The summed E-state index contributed by atoms with van der Waals surface area (Å²) < 4.78 is 43.8. The van der Waals surface area contributed by atoms with Gasteiger partial charge in [0.1, 0.15) is 0 Å². The van der Waals surface area contributed by atoms with Gasteiger partial charge in [-0.25, -0.2) is 14.4 Å². The number of nitrogens with one attached hydrogen (secondary N) is 1. The molecule has 4 nitrogen and oxygen atoms in total. The van der Waals surface area contributed by atoms with E-state index in [9.17, 15) is 22.2 Å². The van der Waals surface area contributed by atoms with Crippen LogP contribution >= 0.6 is 7.91 Å². The molecule has 8 heteroatoms. The highest BCUT2D eigenvalue weighted by Crippen LogP contribution is 2.44. The number of halogens is 3. The van der Waals surface area contributed by atoms with Crippen molar-refractivity contribution in [3.63, 3.8) is 0 Å². The van der Waals surface area contributed by atoms with Gasteiger partial charge in [-0.3, -0.25) is 0 Å². The molecular weight excluding hydrogens is 172 g/mol. The number of nitrogens with zero attached hydrogens (tertiary/aromatic N) is 1. The summed E-state index contributed by atoms with van der Waals surface area (Å²) in [6.45, 7) is 0. The summed E-state index contributed by atoms with van der Waals surface area (Å²) in [7, 11) is -5.05. The van der Waals surface area contributed by atoms with Crippen molar-refractivity contribution in [3.05, 3.63) is 0 Å². The lowest BCUT2D eigenvalue weighted by atomic mass is 11.0. The summed E-state index contributed by atoms with van der Waals surface area (Å²) >= 11 is 0.